The van der Waals surface area contributed by atoms with Crippen molar-refractivity contribution in [2.24, 2.45) is 5.73 Å². The van der Waals surface area contributed by atoms with Gasteiger partial charge in [0.15, 0.2) is 0 Å². The Balaban J connectivity index is 2.82. The summed E-state index contributed by atoms with van der Waals surface area (Å²) in [6, 6.07) is 6.98. The van der Waals surface area contributed by atoms with Crippen LogP contribution in [-0.4, -0.2) is 6.09 Å². The van der Waals surface area contributed by atoms with E-state index in [1.165, 1.54) is 0 Å². The van der Waals surface area contributed by atoms with Crippen LogP contribution in [0.1, 0.15) is 11.7 Å². The first kappa shape index (κ1) is 9.86. The largest absolute Gasteiger partial charge is 0.441 e. The second-order valence-corrected chi connectivity index (χ2v) is 2.85. The first-order valence-corrected chi connectivity index (χ1v) is 4.02. The molecule has 0 bridgehead atoms. The molecule has 1 atom stereocenters. The van der Waals surface area contributed by atoms with E-state index in [1.54, 1.807) is 24.3 Å². The minimum Gasteiger partial charge on any atom is -0.441 e. The van der Waals surface area contributed by atoms with E-state index in [-0.39, 0.29) is 0 Å². The summed E-state index contributed by atoms with van der Waals surface area (Å²) >= 11 is 5.83. The van der Waals surface area contributed by atoms with Crippen molar-refractivity contribution in [1.82, 2.24) is 0 Å². The van der Waals surface area contributed by atoms with Gasteiger partial charge in [0.1, 0.15) is 6.10 Å². The van der Waals surface area contributed by atoms with Gasteiger partial charge in [0, 0.05) is 10.6 Å². The van der Waals surface area contributed by atoms with Gasteiger partial charge in [0.25, 0.3) is 0 Å². The maximum absolute atomic E-state index is 10.4. The van der Waals surface area contributed by atoms with Crippen LogP contribution in [0.25, 0.3) is 0 Å². The normalized spacial score (nSPS) is 12.2. The lowest BCUT2D eigenvalue weighted by atomic mass is 10.1. The van der Waals surface area contributed by atoms with Crippen LogP contribution in [0.3, 0.4) is 0 Å². The Morgan fingerprint density at radius 2 is 2.15 bits per heavy atom. The molecule has 0 aliphatic rings. The molecule has 0 fully saturated rings. The zero-order valence-electron chi connectivity index (χ0n) is 6.87. The van der Waals surface area contributed by atoms with Crippen molar-refractivity contribution in [2.75, 3.05) is 0 Å². The molecule has 0 saturated carbocycles. The van der Waals surface area contributed by atoms with Gasteiger partial charge in [0.05, 0.1) is 0 Å². The van der Waals surface area contributed by atoms with Crippen LogP contribution in [0.4, 0.5) is 4.79 Å². The molecular formula is C9H9ClNO2. The van der Waals surface area contributed by atoms with Crippen molar-refractivity contribution < 1.29 is 9.53 Å². The first-order chi connectivity index (χ1) is 6.11. The maximum atomic E-state index is 10.4. The van der Waals surface area contributed by atoms with E-state index in [9.17, 15) is 4.79 Å². The van der Waals surface area contributed by atoms with E-state index in [0.29, 0.717) is 10.6 Å². The zero-order valence-corrected chi connectivity index (χ0v) is 7.62. The third-order valence-electron chi connectivity index (χ3n) is 1.51. The van der Waals surface area contributed by atoms with Crippen molar-refractivity contribution in [1.29, 1.82) is 0 Å². The van der Waals surface area contributed by atoms with Crippen LogP contribution in [0.15, 0.2) is 24.3 Å². The predicted molar refractivity (Wildman–Crippen MR) is 50.2 cm³/mol. The van der Waals surface area contributed by atoms with Gasteiger partial charge in [-0.3, -0.25) is 0 Å². The first-order valence-electron chi connectivity index (χ1n) is 3.65. The lowest BCUT2D eigenvalue weighted by Gasteiger charge is -2.12. The summed E-state index contributed by atoms with van der Waals surface area (Å²) in [4.78, 5) is 10.4. The van der Waals surface area contributed by atoms with Crippen LogP contribution in [0.5, 0.6) is 0 Å². The molecule has 1 aromatic carbocycles. The summed E-state index contributed by atoms with van der Waals surface area (Å²) < 4.78 is 4.66. The van der Waals surface area contributed by atoms with E-state index < -0.39 is 12.2 Å². The topological polar surface area (TPSA) is 52.3 Å². The molecule has 4 heteroatoms. The fourth-order valence-corrected chi connectivity index (χ4v) is 1.20. The van der Waals surface area contributed by atoms with Gasteiger partial charge in [-0.15, -0.1) is 0 Å². The Labute approximate surface area is 81.4 Å². The third kappa shape index (κ3) is 2.63. The Kier molecular flexibility index (Phi) is 3.14. The molecule has 0 spiro atoms. The average molecular weight is 199 g/mol. The summed E-state index contributed by atoms with van der Waals surface area (Å²) in [5.74, 6) is 0. The van der Waals surface area contributed by atoms with Crippen molar-refractivity contribution in [2.45, 2.75) is 6.10 Å². The molecule has 0 aromatic heterocycles. The van der Waals surface area contributed by atoms with Crippen LogP contribution >= 0.6 is 11.6 Å². The Morgan fingerprint density at radius 3 is 2.69 bits per heavy atom. The van der Waals surface area contributed by atoms with Crippen LogP contribution in [-0.2, 0) is 4.74 Å². The highest BCUT2D eigenvalue weighted by Gasteiger charge is 2.11. The second-order valence-electron chi connectivity index (χ2n) is 2.45. The Hall–Kier alpha value is -1.22. The van der Waals surface area contributed by atoms with Gasteiger partial charge in [0.2, 0.25) is 0 Å². The number of hydrogen-bond donors (Lipinski definition) is 1. The number of ether oxygens (including phenoxy) is 1. The number of rotatable bonds is 2. The lowest BCUT2D eigenvalue weighted by Crippen LogP contribution is -2.15. The van der Waals surface area contributed by atoms with Gasteiger partial charge in [-0.25, -0.2) is 4.79 Å². The van der Waals surface area contributed by atoms with Crippen LogP contribution in [0.2, 0.25) is 5.02 Å². The van der Waals surface area contributed by atoms with Crippen LogP contribution in [0, 0.1) is 6.92 Å². The summed E-state index contributed by atoms with van der Waals surface area (Å²) in [6.45, 7) is 3.60. The molecule has 3 nitrogen and oxygen atoms in total. The fraction of sp³-hybridized carbons (Fsp3) is 0.111. The van der Waals surface area contributed by atoms with Crippen molar-refractivity contribution >= 4 is 17.7 Å². The monoisotopic (exact) mass is 198 g/mol. The van der Waals surface area contributed by atoms with Gasteiger partial charge >= 0.3 is 6.09 Å². The molecule has 69 valence electrons. The summed E-state index contributed by atoms with van der Waals surface area (Å²) in [6.07, 6.45) is -1.52. The molecule has 13 heavy (non-hydrogen) atoms. The van der Waals surface area contributed by atoms with E-state index >= 15 is 0 Å². The molecule has 1 rings (SSSR count). The average Bonchev–Trinajstić information content (AvgIpc) is 2.03. The summed E-state index contributed by atoms with van der Waals surface area (Å²) in [7, 11) is 0. The van der Waals surface area contributed by atoms with E-state index in [2.05, 4.69) is 11.7 Å². The molecule has 1 unspecified atom stereocenters. The maximum Gasteiger partial charge on any atom is 0.405 e. The molecule has 0 saturated heterocycles. The highest BCUT2D eigenvalue weighted by atomic mass is 35.5. The molecule has 1 radical (unpaired) electrons. The van der Waals surface area contributed by atoms with Crippen molar-refractivity contribution in [3.05, 3.63) is 41.8 Å². The highest BCUT2D eigenvalue weighted by Crippen LogP contribution is 2.24. The summed E-state index contributed by atoms with van der Waals surface area (Å²) in [5.41, 5.74) is 5.48. The van der Waals surface area contributed by atoms with Gasteiger partial charge in [-0.2, -0.15) is 0 Å². The minimum atomic E-state index is -0.861. The van der Waals surface area contributed by atoms with Gasteiger partial charge in [-0.1, -0.05) is 29.8 Å². The second kappa shape index (κ2) is 4.14. The number of nitrogens with two attached hydrogens (primary N) is 1. The SMILES string of the molecule is [CH2]C(OC(N)=O)c1ccccc1Cl. The standard InChI is InChI=1S/C9H9ClNO2/c1-6(13-9(11)12)7-4-2-3-5-8(7)10/h2-6H,1H2,(H2,11,12). The summed E-state index contributed by atoms with van der Waals surface area (Å²) in [5, 5.41) is 0.503. The van der Waals surface area contributed by atoms with Crippen LogP contribution < -0.4 is 5.73 Å². The number of hydrogen-bond acceptors (Lipinski definition) is 2. The molecule has 0 aliphatic heterocycles. The van der Waals surface area contributed by atoms with Gasteiger partial charge < -0.3 is 10.5 Å². The molecule has 0 heterocycles. The molecule has 0 aliphatic carbocycles. The Bertz CT molecular complexity index is 314. The number of carbonyl (C=O) groups excluding carboxylic acids is 1. The molecule has 1 aromatic rings. The Morgan fingerprint density at radius 1 is 1.54 bits per heavy atom. The van der Waals surface area contributed by atoms with Gasteiger partial charge in [-0.05, 0) is 13.0 Å². The quantitative estimate of drug-likeness (QED) is 0.793. The number of amides is 1. The third-order valence-corrected chi connectivity index (χ3v) is 1.85. The highest BCUT2D eigenvalue weighted by molar-refractivity contribution is 6.31. The molecule has 2 N–H and O–H groups in total. The van der Waals surface area contributed by atoms with E-state index in [1.807, 2.05) is 0 Å². The number of halogens is 1. The zero-order chi connectivity index (χ0) is 9.84. The predicted octanol–water partition coefficient (Wildman–Crippen LogP) is 2.31. The van der Waals surface area contributed by atoms with Crippen molar-refractivity contribution in [3.8, 4) is 0 Å². The number of benzene rings is 1. The fourth-order valence-electron chi connectivity index (χ4n) is 0.940. The molecule has 1 amide bonds. The minimum absolute atomic E-state index is 0.503. The van der Waals surface area contributed by atoms with Crippen molar-refractivity contribution in [3.63, 3.8) is 0 Å². The number of primary amides is 1. The smallest absolute Gasteiger partial charge is 0.405 e. The molecular weight excluding hydrogens is 190 g/mol. The van der Waals surface area contributed by atoms with E-state index in [4.69, 9.17) is 17.3 Å². The number of carbonyl (C=O) groups is 1. The van der Waals surface area contributed by atoms with E-state index in [0.717, 1.165) is 0 Å². The lowest BCUT2D eigenvalue weighted by molar-refractivity contribution is 0.129.